The quantitative estimate of drug-likeness (QED) is 0.806. The molecule has 0 aromatic heterocycles. The highest BCUT2D eigenvalue weighted by Gasteiger charge is 2.31. The van der Waals surface area contributed by atoms with E-state index < -0.39 is 10.0 Å². The van der Waals surface area contributed by atoms with Crippen molar-refractivity contribution in [2.45, 2.75) is 30.6 Å². The third-order valence-corrected chi connectivity index (χ3v) is 7.41. The monoisotopic (exact) mass is 400 g/mol. The standard InChI is InChI=1S/C18H26ClN3O3S/c19-16-5-7-17(8-6-16)26(24,25)22-13-11-20(12-14-22)15-18(23)21-9-3-1-2-4-10-21/h5-8H,1-4,9-15H2/p+1. The first-order valence-corrected chi connectivity index (χ1v) is 11.2. The lowest BCUT2D eigenvalue weighted by atomic mass is 10.2. The summed E-state index contributed by atoms with van der Waals surface area (Å²) in [6.07, 6.45) is 4.60. The molecular weight excluding hydrogens is 374 g/mol. The number of piperazine rings is 1. The van der Waals surface area contributed by atoms with Crippen LogP contribution in [0.3, 0.4) is 0 Å². The van der Waals surface area contributed by atoms with Gasteiger partial charge in [0.25, 0.3) is 5.91 Å². The van der Waals surface area contributed by atoms with Gasteiger partial charge in [0.05, 0.1) is 31.1 Å². The van der Waals surface area contributed by atoms with Crippen molar-refractivity contribution in [3.8, 4) is 0 Å². The summed E-state index contributed by atoms with van der Waals surface area (Å²) in [5.74, 6) is 0.205. The Hall–Kier alpha value is -1.15. The van der Waals surface area contributed by atoms with Crippen LogP contribution in [0.4, 0.5) is 0 Å². The van der Waals surface area contributed by atoms with E-state index in [-0.39, 0.29) is 10.8 Å². The van der Waals surface area contributed by atoms with Crippen LogP contribution < -0.4 is 4.90 Å². The fraction of sp³-hybridized carbons (Fsp3) is 0.611. The lowest BCUT2D eigenvalue weighted by Crippen LogP contribution is -3.15. The van der Waals surface area contributed by atoms with Crippen molar-refractivity contribution in [3.05, 3.63) is 29.3 Å². The number of carbonyl (C=O) groups excluding carboxylic acids is 1. The number of carbonyl (C=O) groups is 1. The molecule has 0 atom stereocenters. The average Bonchev–Trinajstić information content (AvgIpc) is 2.92. The molecule has 2 heterocycles. The van der Waals surface area contributed by atoms with Gasteiger partial charge in [-0.2, -0.15) is 4.31 Å². The summed E-state index contributed by atoms with van der Waals surface area (Å²) in [5, 5.41) is 0.519. The Morgan fingerprint density at radius 3 is 2.12 bits per heavy atom. The molecular formula is C18H27ClN3O3S+. The highest BCUT2D eigenvalue weighted by molar-refractivity contribution is 7.89. The Morgan fingerprint density at radius 1 is 0.962 bits per heavy atom. The van der Waals surface area contributed by atoms with E-state index in [9.17, 15) is 13.2 Å². The summed E-state index contributed by atoms with van der Waals surface area (Å²) < 4.78 is 26.9. The Labute approximate surface area is 160 Å². The molecule has 6 nitrogen and oxygen atoms in total. The maximum Gasteiger partial charge on any atom is 0.277 e. The molecule has 0 spiro atoms. The Bertz CT molecular complexity index is 708. The number of quaternary nitrogens is 1. The minimum atomic E-state index is -3.49. The second-order valence-corrected chi connectivity index (χ2v) is 9.45. The summed E-state index contributed by atoms with van der Waals surface area (Å²) in [5.41, 5.74) is 0. The van der Waals surface area contributed by atoms with Crippen LogP contribution >= 0.6 is 11.6 Å². The maximum atomic E-state index is 12.7. The number of likely N-dealkylation sites (tertiary alicyclic amines) is 1. The van der Waals surface area contributed by atoms with Crippen molar-refractivity contribution in [3.63, 3.8) is 0 Å². The van der Waals surface area contributed by atoms with Gasteiger partial charge in [-0.05, 0) is 37.1 Å². The zero-order valence-electron chi connectivity index (χ0n) is 15.0. The Balaban J connectivity index is 1.53. The number of benzene rings is 1. The van der Waals surface area contributed by atoms with Crippen LogP contribution in [-0.4, -0.2) is 69.3 Å². The Kier molecular flexibility index (Phi) is 6.55. The fourth-order valence-corrected chi connectivity index (χ4v) is 5.19. The van der Waals surface area contributed by atoms with E-state index in [4.69, 9.17) is 11.6 Å². The number of amides is 1. The Morgan fingerprint density at radius 2 is 1.54 bits per heavy atom. The third kappa shape index (κ3) is 4.76. The summed E-state index contributed by atoms with van der Waals surface area (Å²) in [4.78, 5) is 15.9. The van der Waals surface area contributed by atoms with Gasteiger partial charge in [-0.15, -0.1) is 0 Å². The third-order valence-electron chi connectivity index (χ3n) is 5.24. The molecule has 2 fully saturated rings. The number of rotatable bonds is 4. The second-order valence-electron chi connectivity index (χ2n) is 7.08. The van der Waals surface area contributed by atoms with Crippen LogP contribution in [0, 0.1) is 0 Å². The van der Waals surface area contributed by atoms with Crippen molar-refractivity contribution in [1.82, 2.24) is 9.21 Å². The average molecular weight is 401 g/mol. The lowest BCUT2D eigenvalue weighted by molar-refractivity contribution is -0.896. The SMILES string of the molecule is O=C(C[NH+]1CCN(S(=O)(=O)c2ccc(Cl)cc2)CC1)N1CCCCCC1. The number of nitrogens with zero attached hydrogens (tertiary/aromatic N) is 2. The topological polar surface area (TPSA) is 62.1 Å². The first-order valence-electron chi connectivity index (χ1n) is 9.34. The van der Waals surface area contributed by atoms with Crippen LogP contribution in [0.15, 0.2) is 29.2 Å². The molecule has 0 radical (unpaired) electrons. The van der Waals surface area contributed by atoms with Crippen LogP contribution in [-0.2, 0) is 14.8 Å². The van der Waals surface area contributed by atoms with E-state index in [0.717, 1.165) is 25.9 Å². The summed E-state index contributed by atoms with van der Waals surface area (Å²) in [6, 6.07) is 6.27. The van der Waals surface area contributed by atoms with E-state index in [0.29, 0.717) is 37.7 Å². The van der Waals surface area contributed by atoms with E-state index >= 15 is 0 Å². The molecule has 26 heavy (non-hydrogen) atoms. The molecule has 3 rings (SSSR count). The van der Waals surface area contributed by atoms with Crippen LogP contribution in [0.25, 0.3) is 0 Å². The number of hydrogen-bond donors (Lipinski definition) is 1. The molecule has 0 aliphatic carbocycles. The van der Waals surface area contributed by atoms with Gasteiger partial charge >= 0.3 is 0 Å². The highest BCUT2D eigenvalue weighted by Crippen LogP contribution is 2.18. The van der Waals surface area contributed by atoms with Crippen molar-refractivity contribution in [2.75, 3.05) is 45.8 Å². The minimum Gasteiger partial charge on any atom is -0.338 e. The molecule has 0 saturated carbocycles. The fourth-order valence-electron chi connectivity index (χ4n) is 3.62. The first-order chi connectivity index (χ1) is 12.5. The summed E-state index contributed by atoms with van der Waals surface area (Å²) in [6.45, 7) is 4.39. The molecule has 144 valence electrons. The van der Waals surface area contributed by atoms with Gasteiger partial charge in [-0.3, -0.25) is 4.79 Å². The van der Waals surface area contributed by atoms with Crippen LogP contribution in [0.1, 0.15) is 25.7 Å². The van der Waals surface area contributed by atoms with Gasteiger partial charge in [0.15, 0.2) is 6.54 Å². The molecule has 0 unspecified atom stereocenters. The normalized spacial score (nSPS) is 20.7. The van der Waals surface area contributed by atoms with Gasteiger partial charge in [0.2, 0.25) is 10.0 Å². The number of nitrogens with one attached hydrogen (secondary N) is 1. The van der Waals surface area contributed by atoms with Crippen molar-refractivity contribution < 1.29 is 18.1 Å². The smallest absolute Gasteiger partial charge is 0.277 e. The molecule has 0 bridgehead atoms. The van der Waals surface area contributed by atoms with Gasteiger partial charge in [0.1, 0.15) is 0 Å². The lowest BCUT2D eigenvalue weighted by Gasteiger charge is -2.32. The number of hydrogen-bond acceptors (Lipinski definition) is 3. The largest absolute Gasteiger partial charge is 0.338 e. The molecule has 2 aliphatic heterocycles. The van der Waals surface area contributed by atoms with Gasteiger partial charge < -0.3 is 9.80 Å². The molecule has 1 aromatic rings. The van der Waals surface area contributed by atoms with Gasteiger partial charge in [-0.25, -0.2) is 8.42 Å². The molecule has 1 amide bonds. The molecule has 1 aromatic carbocycles. The van der Waals surface area contributed by atoms with Crippen LogP contribution in [0.5, 0.6) is 0 Å². The summed E-state index contributed by atoms with van der Waals surface area (Å²) in [7, 11) is -3.49. The predicted octanol–water partition coefficient (Wildman–Crippen LogP) is 0.632. The highest BCUT2D eigenvalue weighted by atomic mass is 35.5. The molecule has 1 N–H and O–H groups in total. The van der Waals surface area contributed by atoms with E-state index in [1.54, 1.807) is 24.3 Å². The van der Waals surface area contributed by atoms with Gasteiger partial charge in [0, 0.05) is 18.1 Å². The first kappa shape index (κ1) is 19.6. The predicted molar refractivity (Wildman–Crippen MR) is 101 cm³/mol. The van der Waals surface area contributed by atoms with Crippen molar-refractivity contribution >= 4 is 27.5 Å². The van der Waals surface area contributed by atoms with Crippen molar-refractivity contribution in [1.29, 1.82) is 0 Å². The van der Waals surface area contributed by atoms with Gasteiger partial charge in [-0.1, -0.05) is 24.4 Å². The minimum absolute atomic E-state index is 0.205. The number of sulfonamides is 1. The van der Waals surface area contributed by atoms with E-state index in [1.807, 2.05) is 4.90 Å². The second kappa shape index (κ2) is 8.69. The van der Waals surface area contributed by atoms with Crippen molar-refractivity contribution in [2.24, 2.45) is 0 Å². The molecule has 2 aliphatic rings. The van der Waals surface area contributed by atoms with E-state index in [2.05, 4.69) is 0 Å². The zero-order valence-corrected chi connectivity index (χ0v) is 16.6. The van der Waals surface area contributed by atoms with E-state index in [1.165, 1.54) is 22.0 Å². The molecule has 8 heteroatoms. The number of halogens is 1. The maximum absolute atomic E-state index is 12.7. The molecule has 2 saturated heterocycles. The summed E-state index contributed by atoms with van der Waals surface area (Å²) >= 11 is 5.84. The van der Waals surface area contributed by atoms with Crippen LogP contribution in [0.2, 0.25) is 5.02 Å². The zero-order chi connectivity index (χ0) is 18.6.